The number of hydrogen-bond donors (Lipinski definition) is 0. The minimum Gasteiger partial charge on any atom is -0.335 e. The number of amides is 1. The van der Waals surface area contributed by atoms with E-state index in [9.17, 15) is 23.3 Å². The van der Waals surface area contributed by atoms with Crippen LogP contribution in [0.1, 0.15) is 40.9 Å². The quantitative estimate of drug-likeness (QED) is 0.549. The van der Waals surface area contributed by atoms with Crippen LogP contribution in [0.3, 0.4) is 0 Å². The third-order valence-corrected chi connectivity index (χ3v) is 6.45. The first-order chi connectivity index (χ1) is 13.6. The second-order valence-electron chi connectivity index (χ2n) is 7.23. The molecular weight excluding hydrogens is 394 g/mol. The van der Waals surface area contributed by atoms with Crippen molar-refractivity contribution in [2.45, 2.75) is 25.8 Å². The average Bonchev–Trinajstić information content (AvgIpc) is 2.70. The first-order valence-corrected chi connectivity index (χ1v) is 11.1. The Morgan fingerprint density at radius 2 is 1.97 bits per heavy atom. The van der Waals surface area contributed by atoms with E-state index >= 15 is 0 Å². The number of aryl methyl sites for hydroxylation is 1. The number of benzene rings is 2. The maximum absolute atomic E-state index is 13.0. The van der Waals surface area contributed by atoms with Crippen molar-refractivity contribution in [2.75, 3.05) is 24.2 Å². The molecule has 29 heavy (non-hydrogen) atoms. The molecule has 1 atom stereocenters. The molecule has 1 amide bonds. The van der Waals surface area contributed by atoms with Crippen molar-refractivity contribution in [1.82, 2.24) is 4.90 Å². The summed E-state index contributed by atoms with van der Waals surface area (Å²) in [5, 5.41) is 11.0. The number of fused-ring (bicyclic) bond motifs is 1. The summed E-state index contributed by atoms with van der Waals surface area (Å²) in [6, 6.07) is 10.9. The Kier molecular flexibility index (Phi) is 5.61. The number of hydrogen-bond acceptors (Lipinski definition) is 5. The van der Waals surface area contributed by atoms with Crippen LogP contribution in [0.2, 0.25) is 0 Å². The maximum Gasteiger partial charge on any atom is 0.269 e. The highest BCUT2D eigenvalue weighted by molar-refractivity contribution is 7.92. The van der Waals surface area contributed by atoms with Crippen LogP contribution in [0.5, 0.6) is 0 Å². The molecule has 0 spiro atoms. The van der Waals surface area contributed by atoms with Gasteiger partial charge in [-0.15, -0.1) is 0 Å². The van der Waals surface area contributed by atoms with Crippen LogP contribution in [0.4, 0.5) is 11.4 Å². The molecule has 2 aromatic carbocycles. The minimum absolute atomic E-state index is 0.0233. The highest BCUT2D eigenvalue weighted by Crippen LogP contribution is 2.31. The molecule has 0 radical (unpaired) electrons. The van der Waals surface area contributed by atoms with E-state index in [1.165, 1.54) is 27.6 Å². The zero-order valence-electron chi connectivity index (χ0n) is 16.5. The summed E-state index contributed by atoms with van der Waals surface area (Å²) in [5.41, 5.74) is 2.54. The van der Waals surface area contributed by atoms with Crippen molar-refractivity contribution in [2.24, 2.45) is 0 Å². The topological polar surface area (TPSA) is 101 Å². The van der Waals surface area contributed by atoms with Crippen molar-refractivity contribution in [3.63, 3.8) is 0 Å². The Hall–Kier alpha value is -2.94. The highest BCUT2D eigenvalue weighted by Gasteiger charge is 2.26. The third-order valence-electron chi connectivity index (χ3n) is 5.27. The second kappa shape index (κ2) is 7.82. The molecule has 0 aliphatic carbocycles. The summed E-state index contributed by atoms with van der Waals surface area (Å²) in [4.78, 5) is 25.1. The predicted octanol–water partition coefficient (Wildman–Crippen LogP) is 3.14. The summed E-state index contributed by atoms with van der Waals surface area (Å²) in [7, 11) is -1.72. The van der Waals surface area contributed by atoms with Crippen molar-refractivity contribution in [3.05, 3.63) is 69.3 Å². The summed E-state index contributed by atoms with van der Waals surface area (Å²) in [5.74, 6) is -0.233. The van der Waals surface area contributed by atoms with E-state index in [0.717, 1.165) is 5.56 Å². The van der Waals surface area contributed by atoms with E-state index in [2.05, 4.69) is 0 Å². The van der Waals surface area contributed by atoms with Gasteiger partial charge in [0.1, 0.15) is 0 Å². The molecule has 0 N–H and O–H groups in total. The van der Waals surface area contributed by atoms with Crippen LogP contribution < -0.4 is 4.31 Å². The van der Waals surface area contributed by atoms with E-state index in [1.54, 1.807) is 44.3 Å². The van der Waals surface area contributed by atoms with Crippen LogP contribution in [-0.2, 0) is 16.4 Å². The van der Waals surface area contributed by atoms with Gasteiger partial charge in [-0.3, -0.25) is 19.2 Å². The molecule has 0 saturated heterocycles. The molecule has 0 saturated carbocycles. The van der Waals surface area contributed by atoms with E-state index < -0.39 is 14.9 Å². The van der Waals surface area contributed by atoms with E-state index in [-0.39, 0.29) is 17.6 Å². The standard InChI is InChI=1S/C20H23N3O5S/c1-14(15-6-4-8-18(13-15)23(25)26)21(2)20(24)17-9-10-19-16(12-17)7-5-11-22(19)29(3,27)28/h4,6,8-10,12-14H,5,7,11H2,1-3H3. The van der Waals surface area contributed by atoms with Crippen LogP contribution in [0.15, 0.2) is 42.5 Å². The van der Waals surface area contributed by atoms with E-state index in [0.29, 0.717) is 36.2 Å². The average molecular weight is 417 g/mol. The van der Waals surface area contributed by atoms with Gasteiger partial charge in [0.05, 0.1) is 22.9 Å². The van der Waals surface area contributed by atoms with Gasteiger partial charge in [-0.05, 0) is 49.1 Å². The third kappa shape index (κ3) is 4.24. The zero-order valence-corrected chi connectivity index (χ0v) is 17.3. The lowest BCUT2D eigenvalue weighted by Crippen LogP contribution is -2.35. The monoisotopic (exact) mass is 417 g/mol. The Bertz CT molecular complexity index is 1070. The van der Waals surface area contributed by atoms with E-state index in [1.807, 2.05) is 0 Å². The maximum atomic E-state index is 13.0. The molecule has 2 aromatic rings. The number of nitro groups is 1. The smallest absolute Gasteiger partial charge is 0.269 e. The van der Waals surface area contributed by atoms with Gasteiger partial charge in [0.15, 0.2) is 0 Å². The van der Waals surface area contributed by atoms with Gasteiger partial charge in [-0.25, -0.2) is 8.42 Å². The number of non-ortho nitro benzene ring substituents is 1. The lowest BCUT2D eigenvalue weighted by atomic mass is 9.99. The molecule has 1 aliphatic rings. The minimum atomic E-state index is -3.37. The fraction of sp³-hybridized carbons (Fsp3) is 0.350. The summed E-state index contributed by atoms with van der Waals surface area (Å²) < 4.78 is 25.4. The molecule has 1 aliphatic heterocycles. The number of rotatable bonds is 5. The van der Waals surface area contributed by atoms with E-state index in [4.69, 9.17) is 0 Å². The largest absolute Gasteiger partial charge is 0.335 e. The Labute approximate surface area is 169 Å². The molecule has 8 nitrogen and oxygen atoms in total. The number of nitrogens with zero attached hydrogens (tertiary/aromatic N) is 3. The first kappa shape index (κ1) is 20.8. The Balaban J connectivity index is 1.87. The predicted molar refractivity (Wildman–Crippen MR) is 111 cm³/mol. The fourth-order valence-corrected chi connectivity index (χ4v) is 4.54. The Morgan fingerprint density at radius 3 is 2.62 bits per heavy atom. The van der Waals surface area contributed by atoms with Crippen LogP contribution in [-0.4, -0.2) is 44.0 Å². The first-order valence-electron chi connectivity index (χ1n) is 9.21. The molecular formula is C20H23N3O5S. The molecule has 3 rings (SSSR count). The number of nitro benzene ring substituents is 1. The lowest BCUT2D eigenvalue weighted by molar-refractivity contribution is -0.384. The number of sulfonamides is 1. The van der Waals surface area contributed by atoms with Crippen LogP contribution >= 0.6 is 0 Å². The van der Waals surface area contributed by atoms with Crippen LogP contribution in [0, 0.1) is 10.1 Å². The van der Waals surface area contributed by atoms with Gasteiger partial charge in [0.25, 0.3) is 11.6 Å². The number of anilines is 1. The normalized spacial score (nSPS) is 14.8. The fourth-order valence-electron chi connectivity index (χ4n) is 3.54. The van der Waals surface area contributed by atoms with Crippen molar-refractivity contribution in [1.29, 1.82) is 0 Å². The number of carbonyl (C=O) groups excluding carboxylic acids is 1. The SMILES string of the molecule is CC(c1cccc([N+](=O)[O-])c1)N(C)C(=O)c1ccc2c(c1)CCCN2S(C)(=O)=O. The number of carbonyl (C=O) groups is 1. The molecule has 0 bridgehead atoms. The molecule has 0 fully saturated rings. The van der Waals surface area contributed by atoms with Crippen molar-refractivity contribution < 1.29 is 18.1 Å². The molecule has 1 heterocycles. The lowest BCUT2D eigenvalue weighted by Gasteiger charge is -2.30. The molecule has 0 aromatic heterocycles. The van der Waals surface area contributed by atoms with Crippen molar-refractivity contribution >= 4 is 27.3 Å². The second-order valence-corrected chi connectivity index (χ2v) is 9.13. The van der Waals surface area contributed by atoms with Crippen molar-refractivity contribution in [3.8, 4) is 0 Å². The molecule has 154 valence electrons. The van der Waals surface area contributed by atoms with Crippen LogP contribution in [0.25, 0.3) is 0 Å². The van der Waals surface area contributed by atoms with Gasteiger partial charge in [0.2, 0.25) is 10.0 Å². The molecule has 9 heteroatoms. The summed E-state index contributed by atoms with van der Waals surface area (Å²) in [6.07, 6.45) is 2.57. The van der Waals surface area contributed by atoms with Gasteiger partial charge >= 0.3 is 0 Å². The highest BCUT2D eigenvalue weighted by atomic mass is 32.2. The van der Waals surface area contributed by atoms with Gasteiger partial charge in [0, 0.05) is 31.3 Å². The summed E-state index contributed by atoms with van der Waals surface area (Å²) in [6.45, 7) is 2.24. The summed E-state index contributed by atoms with van der Waals surface area (Å²) >= 11 is 0. The Morgan fingerprint density at radius 1 is 1.24 bits per heavy atom. The van der Waals surface area contributed by atoms with Gasteiger partial charge < -0.3 is 4.90 Å². The molecule has 1 unspecified atom stereocenters. The van der Waals surface area contributed by atoms with Gasteiger partial charge in [-0.2, -0.15) is 0 Å². The van der Waals surface area contributed by atoms with Gasteiger partial charge in [-0.1, -0.05) is 12.1 Å². The zero-order chi connectivity index (χ0) is 21.3.